The maximum Gasteiger partial charge on any atom is 0.0632 e. The molecule has 1 atom stereocenters. The molecule has 0 aliphatic heterocycles. The third-order valence-electron chi connectivity index (χ3n) is 3.11. The lowest BCUT2D eigenvalue weighted by atomic mass is 10.1. The summed E-state index contributed by atoms with van der Waals surface area (Å²) in [5, 5.41) is 12.8. The summed E-state index contributed by atoms with van der Waals surface area (Å²) >= 11 is 3.51. The summed E-state index contributed by atoms with van der Waals surface area (Å²) in [5.41, 5.74) is 1.06. The maximum atomic E-state index is 9.40. The molecule has 0 saturated carbocycles. The summed E-state index contributed by atoms with van der Waals surface area (Å²) < 4.78 is 1.05. The summed E-state index contributed by atoms with van der Waals surface area (Å²) in [6.45, 7) is 2.42. The lowest BCUT2D eigenvalue weighted by Gasteiger charge is -2.18. The first-order valence-electron chi connectivity index (χ1n) is 6.89. The molecular formula is C15H24BrNO. The molecule has 1 unspecified atom stereocenters. The number of para-hydroxylation sites is 1. The molecule has 102 valence electrons. The smallest absolute Gasteiger partial charge is 0.0632 e. The second-order valence-corrected chi connectivity index (χ2v) is 5.56. The van der Waals surface area contributed by atoms with Crippen LogP contribution in [0.2, 0.25) is 0 Å². The molecule has 1 aromatic rings. The number of aliphatic hydroxyl groups is 1. The van der Waals surface area contributed by atoms with E-state index < -0.39 is 0 Å². The van der Waals surface area contributed by atoms with Crippen molar-refractivity contribution in [3.8, 4) is 0 Å². The van der Waals surface area contributed by atoms with Crippen LogP contribution in [0.1, 0.15) is 45.4 Å². The first kappa shape index (κ1) is 15.5. The number of benzene rings is 1. The highest BCUT2D eigenvalue weighted by Crippen LogP contribution is 2.22. The molecule has 3 heteroatoms. The van der Waals surface area contributed by atoms with Crippen LogP contribution in [-0.4, -0.2) is 17.8 Å². The Kier molecular flexibility index (Phi) is 8.10. The zero-order valence-corrected chi connectivity index (χ0v) is 12.7. The lowest BCUT2D eigenvalue weighted by molar-refractivity contribution is 0.266. The fraction of sp³-hybridized carbons (Fsp3) is 0.600. The SMILES string of the molecule is CCCCCCCC(CO)Nc1ccccc1Br. The largest absolute Gasteiger partial charge is 0.394 e. The van der Waals surface area contributed by atoms with Crippen LogP contribution in [0.3, 0.4) is 0 Å². The standard InChI is InChI=1S/C15H24BrNO/c1-2-3-4-5-6-9-13(12-18)17-15-11-8-7-10-14(15)16/h7-8,10-11,13,17-18H,2-6,9,12H2,1H3. The van der Waals surface area contributed by atoms with Crippen molar-refractivity contribution in [2.24, 2.45) is 0 Å². The van der Waals surface area contributed by atoms with Gasteiger partial charge in [0.15, 0.2) is 0 Å². The third kappa shape index (κ3) is 5.87. The van der Waals surface area contributed by atoms with E-state index in [1.54, 1.807) is 0 Å². The Morgan fingerprint density at radius 2 is 1.89 bits per heavy atom. The van der Waals surface area contributed by atoms with Gasteiger partial charge in [-0.15, -0.1) is 0 Å². The van der Waals surface area contributed by atoms with Crippen LogP contribution in [0.15, 0.2) is 28.7 Å². The molecule has 1 aromatic carbocycles. The molecule has 0 aliphatic rings. The summed E-state index contributed by atoms with van der Waals surface area (Å²) in [7, 11) is 0. The predicted octanol–water partition coefficient (Wildman–Crippen LogP) is 4.58. The van der Waals surface area contributed by atoms with Gasteiger partial charge < -0.3 is 10.4 Å². The molecule has 0 aliphatic carbocycles. The Hall–Kier alpha value is -0.540. The minimum absolute atomic E-state index is 0.158. The van der Waals surface area contributed by atoms with Crippen molar-refractivity contribution in [1.82, 2.24) is 0 Å². The van der Waals surface area contributed by atoms with Gasteiger partial charge >= 0.3 is 0 Å². The van der Waals surface area contributed by atoms with Gasteiger partial charge in [-0.3, -0.25) is 0 Å². The first-order valence-corrected chi connectivity index (χ1v) is 7.69. The van der Waals surface area contributed by atoms with Crippen molar-refractivity contribution in [3.05, 3.63) is 28.7 Å². The second-order valence-electron chi connectivity index (χ2n) is 4.71. The zero-order valence-electron chi connectivity index (χ0n) is 11.2. The molecule has 0 heterocycles. The van der Waals surface area contributed by atoms with Crippen molar-refractivity contribution >= 4 is 21.6 Å². The van der Waals surface area contributed by atoms with Gasteiger partial charge in [-0.05, 0) is 34.5 Å². The number of hydrogen-bond acceptors (Lipinski definition) is 2. The van der Waals surface area contributed by atoms with Crippen LogP contribution < -0.4 is 5.32 Å². The van der Waals surface area contributed by atoms with Crippen LogP contribution in [-0.2, 0) is 0 Å². The van der Waals surface area contributed by atoms with Crippen molar-refractivity contribution in [2.45, 2.75) is 51.5 Å². The van der Waals surface area contributed by atoms with Gasteiger partial charge in [-0.1, -0.05) is 51.2 Å². The monoisotopic (exact) mass is 313 g/mol. The van der Waals surface area contributed by atoms with Crippen molar-refractivity contribution in [3.63, 3.8) is 0 Å². The van der Waals surface area contributed by atoms with Gasteiger partial charge in [-0.25, -0.2) is 0 Å². The van der Waals surface area contributed by atoms with E-state index in [-0.39, 0.29) is 12.6 Å². The zero-order chi connectivity index (χ0) is 13.2. The molecular weight excluding hydrogens is 290 g/mol. The summed E-state index contributed by atoms with van der Waals surface area (Å²) in [4.78, 5) is 0. The van der Waals surface area contributed by atoms with E-state index in [1.807, 2.05) is 24.3 Å². The number of rotatable bonds is 9. The number of hydrogen-bond donors (Lipinski definition) is 2. The molecule has 0 saturated heterocycles. The average molecular weight is 314 g/mol. The molecule has 0 bridgehead atoms. The van der Waals surface area contributed by atoms with Crippen molar-refractivity contribution in [1.29, 1.82) is 0 Å². The van der Waals surface area contributed by atoms with Gasteiger partial charge in [0.1, 0.15) is 0 Å². The summed E-state index contributed by atoms with van der Waals surface area (Å²) in [6, 6.07) is 8.20. The Labute approximate surface area is 119 Å². The maximum absolute atomic E-state index is 9.40. The topological polar surface area (TPSA) is 32.3 Å². The quantitative estimate of drug-likeness (QED) is 0.654. The van der Waals surface area contributed by atoms with E-state index >= 15 is 0 Å². The van der Waals surface area contributed by atoms with Crippen LogP contribution >= 0.6 is 15.9 Å². The van der Waals surface area contributed by atoms with Gasteiger partial charge in [0.2, 0.25) is 0 Å². The second kappa shape index (κ2) is 9.40. The molecule has 0 amide bonds. The highest BCUT2D eigenvalue weighted by Gasteiger charge is 2.08. The Balaban J connectivity index is 2.31. The van der Waals surface area contributed by atoms with Crippen LogP contribution in [0.25, 0.3) is 0 Å². The molecule has 0 spiro atoms. The summed E-state index contributed by atoms with van der Waals surface area (Å²) in [5.74, 6) is 0. The van der Waals surface area contributed by atoms with Crippen LogP contribution in [0, 0.1) is 0 Å². The van der Waals surface area contributed by atoms with Gasteiger partial charge in [0.05, 0.1) is 6.61 Å². The minimum Gasteiger partial charge on any atom is -0.394 e. The van der Waals surface area contributed by atoms with E-state index in [2.05, 4.69) is 28.2 Å². The van der Waals surface area contributed by atoms with Crippen LogP contribution in [0.4, 0.5) is 5.69 Å². The lowest BCUT2D eigenvalue weighted by Crippen LogP contribution is -2.23. The molecule has 1 rings (SSSR count). The molecule has 0 aromatic heterocycles. The number of anilines is 1. The van der Waals surface area contributed by atoms with Crippen LogP contribution in [0.5, 0.6) is 0 Å². The molecule has 0 radical (unpaired) electrons. The Bertz CT molecular complexity index is 330. The van der Waals surface area contributed by atoms with Gasteiger partial charge in [0, 0.05) is 16.2 Å². The predicted molar refractivity (Wildman–Crippen MR) is 82.0 cm³/mol. The summed E-state index contributed by atoms with van der Waals surface area (Å²) in [6.07, 6.45) is 7.38. The molecule has 2 nitrogen and oxygen atoms in total. The highest BCUT2D eigenvalue weighted by atomic mass is 79.9. The van der Waals surface area contributed by atoms with E-state index in [0.29, 0.717) is 0 Å². The normalized spacial score (nSPS) is 12.4. The number of aliphatic hydroxyl groups excluding tert-OH is 1. The molecule has 0 fully saturated rings. The van der Waals surface area contributed by atoms with Crippen molar-refractivity contribution in [2.75, 3.05) is 11.9 Å². The van der Waals surface area contributed by atoms with E-state index in [9.17, 15) is 5.11 Å². The number of nitrogens with one attached hydrogen (secondary N) is 1. The van der Waals surface area contributed by atoms with E-state index in [4.69, 9.17) is 0 Å². The minimum atomic E-state index is 0.158. The highest BCUT2D eigenvalue weighted by molar-refractivity contribution is 9.10. The first-order chi connectivity index (χ1) is 8.77. The van der Waals surface area contributed by atoms with E-state index in [0.717, 1.165) is 16.6 Å². The fourth-order valence-corrected chi connectivity index (χ4v) is 2.40. The Morgan fingerprint density at radius 1 is 1.17 bits per heavy atom. The molecule has 2 N–H and O–H groups in total. The molecule has 18 heavy (non-hydrogen) atoms. The number of unbranched alkanes of at least 4 members (excludes halogenated alkanes) is 4. The van der Waals surface area contributed by atoms with E-state index in [1.165, 1.54) is 32.1 Å². The Morgan fingerprint density at radius 3 is 2.56 bits per heavy atom. The van der Waals surface area contributed by atoms with Crippen molar-refractivity contribution < 1.29 is 5.11 Å². The van der Waals surface area contributed by atoms with Gasteiger partial charge in [0.25, 0.3) is 0 Å². The van der Waals surface area contributed by atoms with Gasteiger partial charge in [-0.2, -0.15) is 0 Å². The fourth-order valence-electron chi connectivity index (χ4n) is 2.00. The number of halogens is 1. The average Bonchev–Trinajstić information content (AvgIpc) is 2.39. The third-order valence-corrected chi connectivity index (χ3v) is 3.80.